The largest absolute Gasteiger partial charge is 0.494 e. The number of aryl methyl sites for hydroxylation is 2. The van der Waals surface area contributed by atoms with Gasteiger partial charge in [-0.25, -0.2) is 9.59 Å². The van der Waals surface area contributed by atoms with Crippen molar-refractivity contribution in [2.75, 3.05) is 49.2 Å². The Labute approximate surface area is 402 Å². The van der Waals surface area contributed by atoms with Gasteiger partial charge in [-0.3, -0.25) is 9.80 Å². The van der Waals surface area contributed by atoms with E-state index in [1.807, 2.05) is 12.1 Å². The second kappa shape index (κ2) is 19.8. The number of alkyl halides is 6. The quantitative estimate of drug-likeness (QED) is 0.0408. The number of nitriles is 2. The van der Waals surface area contributed by atoms with Crippen molar-refractivity contribution >= 4 is 34.8 Å². The van der Waals surface area contributed by atoms with E-state index < -0.39 is 47.6 Å². The third-order valence-electron chi connectivity index (χ3n) is 13.0. The fourth-order valence-corrected chi connectivity index (χ4v) is 9.49. The smallest absolute Gasteiger partial charge is 0.416 e. The summed E-state index contributed by atoms with van der Waals surface area (Å²) in [6, 6.07) is 21.5. The van der Waals surface area contributed by atoms with Gasteiger partial charge in [-0.15, -0.1) is 0 Å². The minimum Gasteiger partial charge on any atom is -0.494 e. The van der Waals surface area contributed by atoms with Gasteiger partial charge in [-0.1, -0.05) is 36.4 Å². The number of carbonyl (C=O) groups is 2. The zero-order valence-electron chi connectivity index (χ0n) is 37.6. The molecule has 2 aliphatic rings. The first-order valence-electron chi connectivity index (χ1n) is 22.4. The first kappa shape index (κ1) is 49.4. The van der Waals surface area contributed by atoms with E-state index in [9.17, 15) is 66.9 Å². The lowest BCUT2D eigenvalue weighted by Crippen LogP contribution is -2.53. The third kappa shape index (κ3) is 9.93. The summed E-state index contributed by atoms with van der Waals surface area (Å²) in [5.74, 6) is -0.570. The summed E-state index contributed by atoms with van der Waals surface area (Å²) in [7, 11) is 0. The molecule has 4 aromatic carbocycles. The number of amides is 4. The van der Waals surface area contributed by atoms with E-state index in [4.69, 9.17) is 0 Å². The number of nitrogens with one attached hydrogen (secondary N) is 2. The Morgan fingerprint density at radius 2 is 0.958 bits per heavy atom. The second-order valence-corrected chi connectivity index (χ2v) is 17.3. The number of aromatic hydroxyl groups is 2. The summed E-state index contributed by atoms with van der Waals surface area (Å²) in [4.78, 5) is 29.7. The molecule has 8 rings (SSSR count). The van der Waals surface area contributed by atoms with Crippen LogP contribution in [0.4, 0.5) is 58.7 Å². The molecular formula is C50H46F6N9O6+. The summed E-state index contributed by atoms with van der Waals surface area (Å²) in [6.07, 6.45) is -5.88. The molecule has 0 saturated heterocycles. The maximum atomic E-state index is 13.9. The molecular weight excluding hydrogens is 937 g/mol. The molecule has 4 heterocycles. The van der Waals surface area contributed by atoms with Gasteiger partial charge in [0.05, 0.1) is 107 Å². The summed E-state index contributed by atoms with van der Waals surface area (Å²) in [6.45, 7) is 0.612. The number of hydrogen-bond donors (Lipinski definition) is 6. The van der Waals surface area contributed by atoms with Crippen molar-refractivity contribution < 1.29 is 60.8 Å². The number of nitrogens with zero attached hydrogens (tertiary/aromatic N) is 7. The molecule has 21 heteroatoms. The van der Waals surface area contributed by atoms with Crippen LogP contribution in [0.25, 0.3) is 0 Å². The third-order valence-corrected chi connectivity index (χ3v) is 13.0. The zero-order valence-corrected chi connectivity index (χ0v) is 37.6. The Hall–Kier alpha value is -7.98. The Balaban J connectivity index is 1.07. The average molecular weight is 983 g/mol. The maximum absolute atomic E-state index is 13.9. The Bertz CT molecular complexity index is 2830. The van der Waals surface area contributed by atoms with Crippen LogP contribution in [0.2, 0.25) is 0 Å². The number of fused-ring (bicyclic) bond motifs is 2. The van der Waals surface area contributed by atoms with Crippen molar-refractivity contribution in [1.82, 2.24) is 19.8 Å². The van der Waals surface area contributed by atoms with E-state index in [0.29, 0.717) is 48.2 Å². The van der Waals surface area contributed by atoms with Crippen LogP contribution in [0.3, 0.4) is 0 Å². The number of benzene rings is 4. The van der Waals surface area contributed by atoms with Crippen LogP contribution in [0.15, 0.2) is 109 Å². The number of rotatable bonds is 16. The lowest BCUT2D eigenvalue weighted by molar-refractivity contribution is -0.929. The molecule has 71 heavy (non-hydrogen) atoms. The molecule has 2 atom stereocenters. The average Bonchev–Trinajstić information content (AvgIpc) is 3.85. The van der Waals surface area contributed by atoms with E-state index in [-0.39, 0.29) is 89.5 Å². The molecule has 0 radical (unpaired) electrons. The number of halogens is 6. The minimum atomic E-state index is -4.72. The normalized spacial score (nSPS) is 15.9. The van der Waals surface area contributed by atoms with Crippen LogP contribution in [-0.4, -0.2) is 85.5 Å². The molecule has 0 bridgehead atoms. The van der Waals surface area contributed by atoms with Gasteiger partial charge in [-0.05, 0) is 71.8 Å². The first-order valence-corrected chi connectivity index (χ1v) is 22.4. The van der Waals surface area contributed by atoms with Gasteiger partial charge in [0.15, 0.2) is 11.8 Å². The van der Waals surface area contributed by atoms with E-state index in [2.05, 4.69) is 10.6 Å². The van der Waals surface area contributed by atoms with Crippen LogP contribution in [0.1, 0.15) is 69.4 Å². The summed E-state index contributed by atoms with van der Waals surface area (Å²) in [5, 5.41) is 68.7. The molecule has 0 aliphatic carbocycles. The van der Waals surface area contributed by atoms with Crippen LogP contribution in [-0.2, 0) is 25.4 Å². The molecule has 368 valence electrons. The minimum absolute atomic E-state index is 0.106. The first-order chi connectivity index (χ1) is 33.9. The van der Waals surface area contributed by atoms with Crippen molar-refractivity contribution in [3.05, 3.63) is 154 Å². The number of aromatic nitrogens is 2. The number of hydrogen-bond acceptors (Lipinski definition) is 8. The van der Waals surface area contributed by atoms with Crippen LogP contribution in [0, 0.1) is 22.7 Å². The predicted octanol–water partition coefficient (Wildman–Crippen LogP) is 8.66. The number of quaternary nitrogens is 1. The molecule has 4 amide bonds. The lowest BCUT2D eigenvalue weighted by atomic mass is 9.96. The Morgan fingerprint density at radius 3 is 1.30 bits per heavy atom. The van der Waals surface area contributed by atoms with Crippen molar-refractivity contribution in [1.29, 1.82) is 10.5 Å². The van der Waals surface area contributed by atoms with Gasteiger partial charge in [-0.2, -0.15) is 36.9 Å². The van der Waals surface area contributed by atoms with Gasteiger partial charge in [0.1, 0.15) is 13.1 Å². The van der Waals surface area contributed by atoms with E-state index in [1.54, 1.807) is 24.3 Å². The van der Waals surface area contributed by atoms with Crippen molar-refractivity contribution in [2.45, 2.75) is 50.4 Å². The van der Waals surface area contributed by atoms with Crippen molar-refractivity contribution in [3.63, 3.8) is 0 Å². The standard InChI is InChI=1S/C50H45F6N9O6/c51-49(52,53)35-5-1-7-37(25-35)63-39-29-61(45(68)41(39)43(59-47(63)70)33-13-9-31(27-57)10-14-33)17-3-19-65(21-23-66,22-24-67)20-4-18-62-30-40-42(46(62)69)44(34-15-11-32(28-58)12-16-34)60-48(71)64(40)38-8-2-6-36(26-38)50(54,55)56/h1-2,5-16,25-26,29-30,43-44,66-67H,3-4,17-24H2,(H3-,59,60,68,69,70,71)/p+1/t43-,44-/m1/s1. The Kier molecular flexibility index (Phi) is 13.8. The predicted molar refractivity (Wildman–Crippen MR) is 246 cm³/mol. The fourth-order valence-electron chi connectivity index (χ4n) is 9.49. The fraction of sp³-hybridized carbons (Fsp3) is 0.280. The van der Waals surface area contributed by atoms with Gasteiger partial charge in [0.25, 0.3) is 0 Å². The zero-order chi connectivity index (χ0) is 50.8. The van der Waals surface area contributed by atoms with Gasteiger partial charge < -0.3 is 44.7 Å². The summed E-state index contributed by atoms with van der Waals surface area (Å²) in [5.41, 5.74) is 0.0588. The molecule has 2 aromatic heterocycles. The molecule has 0 spiro atoms. The molecule has 6 aromatic rings. The summed E-state index contributed by atoms with van der Waals surface area (Å²) >= 11 is 0. The SMILES string of the molecule is N#Cc1ccc([C@H]2NC(=O)N(c3cccc(C(F)(F)F)c3)c3cn(CCC[N+](CCO)(CCO)CCCn4cc5c(c4O)[C@@H](c4ccc(C#N)cc4)NC(=O)N5c4cccc(C(F)(F)F)c4)c(O)c32)cc1. The lowest BCUT2D eigenvalue weighted by Gasteiger charge is -2.38. The van der Waals surface area contributed by atoms with Gasteiger partial charge >= 0.3 is 24.4 Å². The van der Waals surface area contributed by atoms with Crippen molar-refractivity contribution in [3.8, 4) is 23.9 Å². The van der Waals surface area contributed by atoms with Crippen LogP contribution in [0.5, 0.6) is 11.8 Å². The highest BCUT2D eigenvalue weighted by atomic mass is 19.4. The van der Waals surface area contributed by atoms with Gasteiger partial charge in [0.2, 0.25) is 0 Å². The van der Waals surface area contributed by atoms with Crippen LogP contribution >= 0.6 is 0 Å². The number of anilines is 4. The maximum Gasteiger partial charge on any atom is 0.416 e. The molecule has 2 aliphatic heterocycles. The van der Waals surface area contributed by atoms with Crippen molar-refractivity contribution in [2.24, 2.45) is 0 Å². The second-order valence-electron chi connectivity index (χ2n) is 17.3. The number of aliphatic hydroxyl groups is 2. The molecule has 0 fully saturated rings. The molecule has 0 saturated carbocycles. The highest BCUT2D eigenvalue weighted by Crippen LogP contribution is 2.48. The monoisotopic (exact) mass is 982 g/mol. The number of urea groups is 2. The number of carbonyl (C=O) groups excluding carboxylic acids is 2. The van der Waals surface area contributed by atoms with E-state index in [1.165, 1.54) is 70.1 Å². The highest BCUT2D eigenvalue weighted by Gasteiger charge is 2.41. The topological polar surface area (TPSA) is 203 Å². The summed E-state index contributed by atoms with van der Waals surface area (Å²) < 4.78 is 86.2. The molecule has 0 unspecified atom stereocenters. The van der Waals surface area contributed by atoms with Crippen LogP contribution < -0.4 is 20.4 Å². The van der Waals surface area contributed by atoms with E-state index >= 15 is 0 Å². The van der Waals surface area contributed by atoms with E-state index in [0.717, 1.165) is 34.1 Å². The Morgan fingerprint density at radius 1 is 0.577 bits per heavy atom. The van der Waals surface area contributed by atoms with Gasteiger partial charge in [0, 0.05) is 38.3 Å². The highest BCUT2D eigenvalue weighted by molar-refractivity contribution is 6.04. The molecule has 15 nitrogen and oxygen atoms in total. The molecule has 6 N–H and O–H groups in total. The number of aliphatic hydroxyl groups excluding tert-OH is 2.